The SMILES string of the molecule is Cc1ccc(C#N)cc1NCCC(=O)OC(C)(C)C. The summed E-state index contributed by atoms with van der Waals surface area (Å²) in [7, 11) is 0. The molecule has 0 aliphatic rings. The molecule has 4 nitrogen and oxygen atoms in total. The minimum atomic E-state index is -0.451. The Kier molecular flexibility index (Phi) is 4.94. The van der Waals surface area contributed by atoms with Crippen molar-refractivity contribution in [1.82, 2.24) is 0 Å². The average Bonchev–Trinajstić information content (AvgIpc) is 2.29. The molecule has 0 amide bonds. The average molecular weight is 260 g/mol. The van der Waals surface area contributed by atoms with Crippen LogP contribution in [-0.2, 0) is 9.53 Å². The van der Waals surface area contributed by atoms with E-state index in [1.54, 1.807) is 12.1 Å². The smallest absolute Gasteiger partial charge is 0.308 e. The molecule has 0 heterocycles. The fourth-order valence-corrected chi connectivity index (χ4v) is 1.57. The Morgan fingerprint density at radius 2 is 2.11 bits per heavy atom. The summed E-state index contributed by atoms with van der Waals surface area (Å²) < 4.78 is 5.22. The molecule has 0 aliphatic heterocycles. The van der Waals surface area contributed by atoms with Crippen LogP contribution in [0.4, 0.5) is 5.69 Å². The minimum absolute atomic E-state index is 0.228. The summed E-state index contributed by atoms with van der Waals surface area (Å²) in [5, 5.41) is 12.0. The zero-order chi connectivity index (χ0) is 14.5. The molecule has 0 saturated heterocycles. The van der Waals surface area contributed by atoms with E-state index in [0.717, 1.165) is 11.3 Å². The maximum absolute atomic E-state index is 11.5. The zero-order valence-electron chi connectivity index (χ0n) is 11.9. The van der Waals surface area contributed by atoms with Crippen molar-refractivity contribution in [2.24, 2.45) is 0 Å². The Morgan fingerprint density at radius 3 is 2.68 bits per heavy atom. The lowest BCUT2D eigenvalue weighted by atomic mass is 10.1. The Balaban J connectivity index is 2.50. The summed E-state index contributed by atoms with van der Waals surface area (Å²) in [6, 6.07) is 7.53. The number of rotatable bonds is 4. The molecule has 1 N–H and O–H groups in total. The van der Waals surface area contributed by atoms with E-state index in [9.17, 15) is 4.79 Å². The number of nitrogens with zero attached hydrogens (tertiary/aromatic N) is 1. The number of hydrogen-bond acceptors (Lipinski definition) is 4. The fraction of sp³-hybridized carbons (Fsp3) is 0.467. The van der Waals surface area contributed by atoms with E-state index in [4.69, 9.17) is 10.00 Å². The molecule has 1 aromatic rings. The molecule has 1 aromatic carbocycles. The van der Waals surface area contributed by atoms with Gasteiger partial charge in [0.15, 0.2) is 0 Å². The number of anilines is 1. The van der Waals surface area contributed by atoms with E-state index in [1.807, 2.05) is 33.8 Å². The maximum atomic E-state index is 11.5. The Morgan fingerprint density at radius 1 is 1.42 bits per heavy atom. The fourth-order valence-electron chi connectivity index (χ4n) is 1.57. The molecule has 1 rings (SSSR count). The number of carbonyl (C=O) groups is 1. The Bertz CT molecular complexity index is 496. The lowest BCUT2D eigenvalue weighted by molar-refractivity contribution is -0.154. The van der Waals surface area contributed by atoms with Crippen LogP contribution in [0.2, 0.25) is 0 Å². The minimum Gasteiger partial charge on any atom is -0.460 e. The normalized spacial score (nSPS) is 10.7. The van der Waals surface area contributed by atoms with Gasteiger partial charge in [0.05, 0.1) is 18.1 Å². The van der Waals surface area contributed by atoms with Gasteiger partial charge >= 0.3 is 5.97 Å². The van der Waals surface area contributed by atoms with Crippen LogP contribution < -0.4 is 5.32 Å². The molecule has 0 aliphatic carbocycles. The number of ether oxygens (including phenoxy) is 1. The molecule has 0 atom stereocenters. The van der Waals surface area contributed by atoms with Gasteiger partial charge in [0.1, 0.15) is 5.60 Å². The van der Waals surface area contributed by atoms with Crippen molar-refractivity contribution in [3.63, 3.8) is 0 Å². The lowest BCUT2D eigenvalue weighted by Gasteiger charge is -2.19. The molecule has 0 aromatic heterocycles. The van der Waals surface area contributed by atoms with Crippen molar-refractivity contribution < 1.29 is 9.53 Å². The first kappa shape index (κ1) is 15.0. The topological polar surface area (TPSA) is 62.1 Å². The van der Waals surface area contributed by atoms with E-state index < -0.39 is 5.60 Å². The van der Waals surface area contributed by atoms with Crippen LogP contribution >= 0.6 is 0 Å². The molecule has 0 bridgehead atoms. The summed E-state index contributed by atoms with van der Waals surface area (Å²) in [5.41, 5.74) is 2.07. The van der Waals surface area contributed by atoms with Crippen LogP contribution in [0.15, 0.2) is 18.2 Å². The van der Waals surface area contributed by atoms with Gasteiger partial charge in [-0.25, -0.2) is 0 Å². The van der Waals surface area contributed by atoms with Gasteiger partial charge in [-0.15, -0.1) is 0 Å². The van der Waals surface area contributed by atoms with Crippen molar-refractivity contribution in [1.29, 1.82) is 5.26 Å². The standard InChI is InChI=1S/C15H20N2O2/c1-11-5-6-12(10-16)9-13(11)17-8-7-14(18)19-15(2,3)4/h5-6,9,17H,7-8H2,1-4H3. The molecule has 19 heavy (non-hydrogen) atoms. The summed E-state index contributed by atoms with van der Waals surface area (Å²) in [6.07, 6.45) is 0.299. The van der Waals surface area contributed by atoms with Gasteiger partial charge in [-0.2, -0.15) is 5.26 Å². The number of nitrogens with one attached hydrogen (secondary N) is 1. The van der Waals surface area contributed by atoms with E-state index in [0.29, 0.717) is 18.5 Å². The Hall–Kier alpha value is -2.02. The highest BCUT2D eigenvalue weighted by Gasteiger charge is 2.15. The molecule has 4 heteroatoms. The maximum Gasteiger partial charge on any atom is 0.308 e. The molecule has 0 unspecified atom stereocenters. The molecule has 0 radical (unpaired) electrons. The molecule has 0 spiro atoms. The molecule has 102 valence electrons. The number of nitriles is 1. The number of hydrogen-bond donors (Lipinski definition) is 1. The van der Waals surface area contributed by atoms with Gasteiger partial charge in [0.2, 0.25) is 0 Å². The van der Waals surface area contributed by atoms with E-state index in [2.05, 4.69) is 11.4 Å². The van der Waals surface area contributed by atoms with Gasteiger partial charge in [-0.3, -0.25) is 4.79 Å². The van der Waals surface area contributed by atoms with Gasteiger partial charge in [0, 0.05) is 12.2 Å². The molecular formula is C15H20N2O2. The van der Waals surface area contributed by atoms with Gasteiger partial charge in [-0.1, -0.05) is 6.07 Å². The van der Waals surface area contributed by atoms with Crippen LogP contribution in [0.5, 0.6) is 0 Å². The van der Waals surface area contributed by atoms with Crippen molar-refractivity contribution in [2.45, 2.75) is 39.7 Å². The van der Waals surface area contributed by atoms with Crippen molar-refractivity contribution in [2.75, 3.05) is 11.9 Å². The van der Waals surface area contributed by atoms with E-state index >= 15 is 0 Å². The number of carbonyl (C=O) groups excluding carboxylic acids is 1. The van der Waals surface area contributed by atoms with Crippen molar-refractivity contribution in [3.8, 4) is 6.07 Å². The molecular weight excluding hydrogens is 240 g/mol. The van der Waals surface area contributed by atoms with Crippen molar-refractivity contribution in [3.05, 3.63) is 29.3 Å². The van der Waals surface area contributed by atoms with Gasteiger partial charge < -0.3 is 10.1 Å². The largest absolute Gasteiger partial charge is 0.460 e. The predicted molar refractivity (Wildman–Crippen MR) is 74.8 cm³/mol. The highest BCUT2D eigenvalue weighted by Crippen LogP contribution is 2.16. The number of aryl methyl sites for hydroxylation is 1. The highest BCUT2D eigenvalue weighted by atomic mass is 16.6. The van der Waals surface area contributed by atoms with E-state index in [-0.39, 0.29) is 5.97 Å². The lowest BCUT2D eigenvalue weighted by Crippen LogP contribution is -2.25. The second-order valence-electron chi connectivity index (χ2n) is 5.40. The number of benzene rings is 1. The second kappa shape index (κ2) is 6.24. The quantitative estimate of drug-likeness (QED) is 0.845. The predicted octanol–water partition coefficient (Wildman–Crippen LogP) is 3.01. The third-order valence-corrected chi connectivity index (χ3v) is 2.43. The third-order valence-electron chi connectivity index (χ3n) is 2.43. The third kappa shape index (κ3) is 5.43. The summed E-state index contributed by atoms with van der Waals surface area (Å²) in [5.74, 6) is -0.228. The van der Waals surface area contributed by atoms with Crippen LogP contribution in [0, 0.1) is 18.3 Å². The summed E-state index contributed by atoms with van der Waals surface area (Å²) in [6.45, 7) is 7.98. The number of esters is 1. The summed E-state index contributed by atoms with van der Waals surface area (Å²) in [4.78, 5) is 11.5. The first-order valence-corrected chi connectivity index (χ1v) is 6.28. The van der Waals surface area contributed by atoms with Crippen LogP contribution in [0.25, 0.3) is 0 Å². The highest BCUT2D eigenvalue weighted by molar-refractivity contribution is 5.70. The zero-order valence-corrected chi connectivity index (χ0v) is 11.9. The van der Waals surface area contributed by atoms with Crippen molar-refractivity contribution >= 4 is 11.7 Å². The first-order valence-electron chi connectivity index (χ1n) is 6.28. The van der Waals surface area contributed by atoms with Crippen LogP contribution in [-0.4, -0.2) is 18.1 Å². The van der Waals surface area contributed by atoms with E-state index in [1.165, 1.54) is 0 Å². The van der Waals surface area contributed by atoms with Gasteiger partial charge in [0.25, 0.3) is 0 Å². The van der Waals surface area contributed by atoms with Crippen LogP contribution in [0.3, 0.4) is 0 Å². The monoisotopic (exact) mass is 260 g/mol. The van der Waals surface area contributed by atoms with Gasteiger partial charge in [-0.05, 0) is 45.4 Å². The molecule has 0 fully saturated rings. The summed E-state index contributed by atoms with van der Waals surface area (Å²) >= 11 is 0. The first-order chi connectivity index (χ1) is 8.81. The molecule has 0 saturated carbocycles. The van der Waals surface area contributed by atoms with Crippen LogP contribution in [0.1, 0.15) is 38.3 Å². The second-order valence-corrected chi connectivity index (χ2v) is 5.40. The Labute approximate surface area is 114 Å².